The molecular weight excluding hydrogens is 420 g/mol. The first-order valence-electron chi connectivity index (χ1n) is 9.92. The molecule has 1 N–H and O–H groups in total. The number of amides is 1. The van der Waals surface area contributed by atoms with Crippen molar-refractivity contribution in [3.8, 4) is 5.69 Å². The minimum Gasteiger partial charge on any atom is -0.341 e. The van der Waals surface area contributed by atoms with E-state index in [0.29, 0.717) is 10.8 Å². The Bertz CT molecular complexity index is 1020. The summed E-state index contributed by atoms with van der Waals surface area (Å²) in [7, 11) is 0. The fourth-order valence-corrected chi connectivity index (χ4v) is 4.28. The predicted molar refractivity (Wildman–Crippen MR) is 121 cm³/mol. The third-order valence-corrected chi connectivity index (χ3v) is 6.14. The molecule has 3 heterocycles. The van der Waals surface area contributed by atoms with Crippen LogP contribution < -0.4 is 10.2 Å². The Morgan fingerprint density at radius 2 is 1.90 bits per heavy atom. The molecule has 2 aromatic heterocycles. The van der Waals surface area contributed by atoms with Gasteiger partial charge in [0.25, 0.3) is 0 Å². The zero-order valence-corrected chi connectivity index (χ0v) is 18.3. The number of nitrogens with one attached hydrogen (secondary N) is 1. The Morgan fingerprint density at radius 1 is 1.13 bits per heavy atom. The molecule has 156 valence electrons. The number of rotatable bonds is 6. The summed E-state index contributed by atoms with van der Waals surface area (Å²) in [6, 6.07) is 11.7. The molecule has 1 saturated heterocycles. The van der Waals surface area contributed by atoms with Crippen molar-refractivity contribution in [3.05, 3.63) is 53.3 Å². The molecule has 0 radical (unpaired) electrons. The van der Waals surface area contributed by atoms with Crippen molar-refractivity contribution in [2.45, 2.75) is 31.3 Å². The third-order valence-electron chi connectivity index (χ3n) is 4.91. The molecular formula is C21H23ClN6OS. The number of carbonyl (C=O) groups is 1. The fourth-order valence-electron chi connectivity index (χ4n) is 3.37. The molecule has 0 aliphatic carbocycles. The highest BCUT2D eigenvalue weighted by molar-refractivity contribution is 7.99. The fraction of sp³-hybridized carbons (Fsp3) is 0.333. The summed E-state index contributed by atoms with van der Waals surface area (Å²) in [6.45, 7) is 3.99. The molecule has 0 atom stereocenters. The molecule has 0 saturated carbocycles. The van der Waals surface area contributed by atoms with Crippen molar-refractivity contribution >= 4 is 40.9 Å². The molecule has 0 bridgehead atoms. The number of nitrogens with zero attached hydrogens (tertiary/aromatic N) is 5. The van der Waals surface area contributed by atoms with Gasteiger partial charge in [-0.2, -0.15) is 0 Å². The van der Waals surface area contributed by atoms with Gasteiger partial charge in [-0.25, -0.2) is 4.98 Å². The number of hydrogen-bond acceptors (Lipinski definition) is 6. The zero-order chi connectivity index (χ0) is 20.9. The summed E-state index contributed by atoms with van der Waals surface area (Å²) in [6.07, 6.45) is 5.13. The van der Waals surface area contributed by atoms with Crippen LogP contribution in [-0.4, -0.2) is 44.5 Å². The highest BCUT2D eigenvalue weighted by Gasteiger charge is 2.22. The lowest BCUT2D eigenvalue weighted by Gasteiger charge is -2.27. The minimum absolute atomic E-state index is 0.173. The van der Waals surface area contributed by atoms with Gasteiger partial charge in [0, 0.05) is 19.3 Å². The van der Waals surface area contributed by atoms with Crippen molar-refractivity contribution in [2.24, 2.45) is 0 Å². The third kappa shape index (κ3) is 4.76. The molecule has 9 heteroatoms. The van der Waals surface area contributed by atoms with Crippen molar-refractivity contribution in [1.82, 2.24) is 19.7 Å². The number of thioether (sulfide) groups is 1. The van der Waals surface area contributed by atoms with E-state index in [2.05, 4.69) is 56.6 Å². The van der Waals surface area contributed by atoms with Gasteiger partial charge < -0.3 is 10.2 Å². The quantitative estimate of drug-likeness (QED) is 0.452. The number of aryl methyl sites for hydroxylation is 1. The van der Waals surface area contributed by atoms with Crippen LogP contribution in [-0.2, 0) is 4.79 Å². The van der Waals surface area contributed by atoms with Crippen LogP contribution in [0.15, 0.2) is 47.8 Å². The molecule has 1 aliphatic heterocycles. The maximum absolute atomic E-state index is 12.5. The summed E-state index contributed by atoms with van der Waals surface area (Å²) in [5.41, 5.74) is 2.68. The van der Waals surface area contributed by atoms with Crippen LogP contribution in [0.4, 0.5) is 11.6 Å². The SMILES string of the molecule is Cc1ccc(-n2c(SCC(=O)Nc3cccnc3Cl)nnc2N2CCCCC2)cc1. The molecule has 30 heavy (non-hydrogen) atoms. The van der Waals surface area contributed by atoms with E-state index in [1.807, 2.05) is 4.57 Å². The second kappa shape index (κ2) is 9.49. The lowest BCUT2D eigenvalue weighted by atomic mass is 10.1. The van der Waals surface area contributed by atoms with Gasteiger partial charge in [-0.15, -0.1) is 10.2 Å². The van der Waals surface area contributed by atoms with Crippen LogP contribution in [0.5, 0.6) is 0 Å². The van der Waals surface area contributed by atoms with Gasteiger partial charge in [0.05, 0.1) is 17.1 Å². The van der Waals surface area contributed by atoms with Gasteiger partial charge in [-0.1, -0.05) is 41.1 Å². The Labute approximate surface area is 184 Å². The summed E-state index contributed by atoms with van der Waals surface area (Å²) in [5, 5.41) is 12.6. The van der Waals surface area contributed by atoms with Gasteiger partial charge in [0.2, 0.25) is 11.9 Å². The average Bonchev–Trinajstić information content (AvgIpc) is 3.19. The Morgan fingerprint density at radius 3 is 2.63 bits per heavy atom. The van der Waals surface area contributed by atoms with Crippen LogP contribution in [0.1, 0.15) is 24.8 Å². The van der Waals surface area contributed by atoms with Crippen LogP contribution >= 0.6 is 23.4 Å². The van der Waals surface area contributed by atoms with Crippen LogP contribution in [0.2, 0.25) is 5.15 Å². The van der Waals surface area contributed by atoms with Crippen molar-refractivity contribution in [1.29, 1.82) is 0 Å². The van der Waals surface area contributed by atoms with Crippen molar-refractivity contribution in [3.63, 3.8) is 0 Å². The maximum Gasteiger partial charge on any atom is 0.234 e. The first-order chi connectivity index (χ1) is 14.6. The monoisotopic (exact) mass is 442 g/mol. The number of halogens is 1. The molecule has 7 nitrogen and oxygen atoms in total. The summed E-state index contributed by atoms with van der Waals surface area (Å²) >= 11 is 7.38. The molecule has 1 amide bonds. The summed E-state index contributed by atoms with van der Waals surface area (Å²) in [4.78, 5) is 18.7. The molecule has 3 aromatic rings. The van der Waals surface area contributed by atoms with E-state index in [-0.39, 0.29) is 16.8 Å². The van der Waals surface area contributed by atoms with E-state index in [1.165, 1.54) is 23.7 Å². The van der Waals surface area contributed by atoms with Crippen molar-refractivity contribution in [2.75, 3.05) is 29.1 Å². The topological polar surface area (TPSA) is 75.9 Å². The van der Waals surface area contributed by atoms with Gasteiger partial charge in [-0.3, -0.25) is 9.36 Å². The molecule has 1 aromatic carbocycles. The van der Waals surface area contributed by atoms with Gasteiger partial charge in [0.15, 0.2) is 10.3 Å². The molecule has 1 fully saturated rings. The van der Waals surface area contributed by atoms with E-state index in [9.17, 15) is 4.79 Å². The average molecular weight is 443 g/mol. The van der Waals surface area contributed by atoms with Crippen LogP contribution in [0.3, 0.4) is 0 Å². The van der Waals surface area contributed by atoms with E-state index in [4.69, 9.17) is 11.6 Å². The van der Waals surface area contributed by atoms with Crippen LogP contribution in [0.25, 0.3) is 5.69 Å². The number of piperidine rings is 1. The van der Waals surface area contributed by atoms with E-state index < -0.39 is 0 Å². The Balaban J connectivity index is 1.55. The van der Waals surface area contributed by atoms with Gasteiger partial charge >= 0.3 is 0 Å². The first-order valence-corrected chi connectivity index (χ1v) is 11.3. The van der Waals surface area contributed by atoms with Gasteiger partial charge in [0.1, 0.15) is 0 Å². The van der Waals surface area contributed by atoms with Crippen LogP contribution in [0, 0.1) is 6.92 Å². The van der Waals surface area contributed by atoms with E-state index in [1.54, 1.807) is 18.3 Å². The standard InChI is InChI=1S/C21H23ClN6OS/c1-15-7-9-16(10-8-15)28-20(27-12-3-2-4-13-27)25-26-21(28)30-14-18(29)24-17-6-5-11-23-19(17)22/h5-11H,2-4,12-14H2,1H3,(H,24,29). The predicted octanol–water partition coefficient (Wildman–Crippen LogP) is 4.35. The number of carbonyl (C=O) groups excluding carboxylic acids is 1. The number of aromatic nitrogens is 4. The highest BCUT2D eigenvalue weighted by Crippen LogP contribution is 2.29. The molecule has 0 spiro atoms. The summed E-state index contributed by atoms with van der Waals surface area (Å²) in [5.74, 6) is 0.847. The zero-order valence-electron chi connectivity index (χ0n) is 16.7. The second-order valence-corrected chi connectivity index (χ2v) is 8.48. The summed E-state index contributed by atoms with van der Waals surface area (Å²) < 4.78 is 2.04. The molecule has 0 unspecified atom stereocenters. The number of hydrogen-bond donors (Lipinski definition) is 1. The maximum atomic E-state index is 12.5. The molecule has 1 aliphatic rings. The largest absolute Gasteiger partial charge is 0.341 e. The Hall–Kier alpha value is -2.58. The van der Waals surface area contributed by atoms with E-state index >= 15 is 0 Å². The second-order valence-electron chi connectivity index (χ2n) is 7.18. The molecule has 4 rings (SSSR count). The lowest BCUT2D eigenvalue weighted by Crippen LogP contribution is -2.31. The normalized spacial score (nSPS) is 14.0. The number of benzene rings is 1. The smallest absolute Gasteiger partial charge is 0.234 e. The van der Waals surface area contributed by atoms with Gasteiger partial charge in [-0.05, 0) is 50.5 Å². The highest BCUT2D eigenvalue weighted by atomic mass is 35.5. The van der Waals surface area contributed by atoms with Crippen molar-refractivity contribution < 1.29 is 4.79 Å². The number of pyridine rings is 1. The Kier molecular flexibility index (Phi) is 6.54. The van der Waals surface area contributed by atoms with E-state index in [0.717, 1.165) is 37.6 Å². The number of anilines is 2. The lowest BCUT2D eigenvalue weighted by molar-refractivity contribution is -0.113. The first kappa shape index (κ1) is 20.7. The minimum atomic E-state index is -0.173.